The van der Waals surface area contributed by atoms with Crippen molar-refractivity contribution in [3.8, 4) is 11.3 Å². The van der Waals surface area contributed by atoms with Crippen LogP contribution in [0.1, 0.15) is 24.6 Å². The van der Waals surface area contributed by atoms with Gasteiger partial charge in [-0.2, -0.15) is 0 Å². The predicted molar refractivity (Wildman–Crippen MR) is 92.5 cm³/mol. The molecule has 0 bridgehead atoms. The molecule has 1 aromatic heterocycles. The summed E-state index contributed by atoms with van der Waals surface area (Å²) in [7, 11) is 1.91. The molecule has 0 saturated heterocycles. The average Bonchev–Trinajstić information content (AvgIpc) is 2.78. The highest BCUT2D eigenvalue weighted by Gasteiger charge is 2.27. The number of aromatic nitrogens is 3. The van der Waals surface area contributed by atoms with Crippen LogP contribution < -0.4 is 0 Å². The summed E-state index contributed by atoms with van der Waals surface area (Å²) in [5, 5.41) is 8.65. The Morgan fingerprint density at radius 2 is 1.96 bits per heavy atom. The van der Waals surface area contributed by atoms with E-state index in [-0.39, 0.29) is 5.91 Å². The third-order valence-electron chi connectivity index (χ3n) is 4.46. The topological polar surface area (TPSA) is 51.0 Å². The first kappa shape index (κ1) is 14.6. The van der Waals surface area contributed by atoms with Gasteiger partial charge >= 0.3 is 0 Å². The Labute approximate surface area is 140 Å². The summed E-state index contributed by atoms with van der Waals surface area (Å²) in [6, 6.07) is 8.13. The number of aryl methyl sites for hydroxylation is 1. The number of amides is 1. The zero-order valence-electron chi connectivity index (χ0n) is 13.7. The molecule has 5 nitrogen and oxygen atoms in total. The molecule has 1 amide bonds. The third kappa shape index (κ3) is 2.21. The van der Waals surface area contributed by atoms with E-state index in [0.29, 0.717) is 6.54 Å². The number of allylic oxidation sites excluding steroid dienone is 5. The Morgan fingerprint density at radius 1 is 1.17 bits per heavy atom. The van der Waals surface area contributed by atoms with E-state index in [1.807, 2.05) is 40.9 Å². The average molecular weight is 318 g/mol. The van der Waals surface area contributed by atoms with Gasteiger partial charge in [0.1, 0.15) is 5.69 Å². The molecule has 120 valence electrons. The molecule has 2 aromatic rings. The summed E-state index contributed by atoms with van der Waals surface area (Å²) in [6.45, 7) is 2.14. The monoisotopic (exact) mass is 318 g/mol. The summed E-state index contributed by atoms with van der Waals surface area (Å²) < 4.78 is 1.81. The number of rotatable bonds is 0. The van der Waals surface area contributed by atoms with Crippen molar-refractivity contribution in [2.45, 2.75) is 19.9 Å². The van der Waals surface area contributed by atoms with E-state index in [0.717, 1.165) is 40.2 Å². The zero-order valence-corrected chi connectivity index (χ0v) is 13.7. The van der Waals surface area contributed by atoms with Crippen LogP contribution in [-0.4, -0.2) is 25.8 Å². The van der Waals surface area contributed by atoms with E-state index in [4.69, 9.17) is 0 Å². The fraction of sp³-hybridized carbons (Fsp3) is 0.211. The van der Waals surface area contributed by atoms with Crippen molar-refractivity contribution < 1.29 is 4.79 Å². The smallest absolute Gasteiger partial charge is 0.224 e. The second-order valence-corrected chi connectivity index (χ2v) is 6.01. The molecule has 0 fully saturated rings. The summed E-state index contributed by atoms with van der Waals surface area (Å²) in [5.74, 6) is 0.0181. The number of hydrogen-bond donors (Lipinski definition) is 0. The molecular formula is C19H18N4O. The van der Waals surface area contributed by atoms with Gasteiger partial charge in [0, 0.05) is 25.1 Å². The fourth-order valence-electron chi connectivity index (χ4n) is 3.32. The lowest BCUT2D eigenvalue weighted by Gasteiger charge is -2.27. The van der Waals surface area contributed by atoms with E-state index in [1.54, 1.807) is 6.92 Å². The van der Waals surface area contributed by atoms with Gasteiger partial charge in [0.15, 0.2) is 0 Å². The first-order chi connectivity index (χ1) is 11.7. The van der Waals surface area contributed by atoms with Crippen molar-refractivity contribution in [3.63, 3.8) is 0 Å². The molecule has 0 saturated carbocycles. The highest BCUT2D eigenvalue weighted by Crippen LogP contribution is 2.37. The van der Waals surface area contributed by atoms with Crippen LogP contribution in [0.5, 0.6) is 0 Å². The van der Waals surface area contributed by atoms with Gasteiger partial charge in [-0.05, 0) is 18.1 Å². The van der Waals surface area contributed by atoms with E-state index < -0.39 is 0 Å². The van der Waals surface area contributed by atoms with Crippen LogP contribution in [0.15, 0.2) is 54.3 Å². The number of benzene rings is 1. The van der Waals surface area contributed by atoms with Gasteiger partial charge in [-0.3, -0.25) is 4.79 Å². The van der Waals surface area contributed by atoms with E-state index in [9.17, 15) is 4.79 Å². The van der Waals surface area contributed by atoms with Crippen molar-refractivity contribution in [2.24, 2.45) is 7.05 Å². The zero-order chi connectivity index (χ0) is 16.7. The number of carbonyl (C=O) groups excluding carboxylic acids is 1. The molecule has 2 heterocycles. The van der Waals surface area contributed by atoms with Crippen LogP contribution in [-0.2, 0) is 18.4 Å². The highest BCUT2D eigenvalue weighted by molar-refractivity contribution is 5.89. The molecule has 4 rings (SSSR count). The lowest BCUT2D eigenvalue weighted by molar-refractivity contribution is -0.127. The van der Waals surface area contributed by atoms with Crippen LogP contribution in [0, 0.1) is 0 Å². The van der Waals surface area contributed by atoms with E-state index in [1.165, 1.54) is 0 Å². The minimum absolute atomic E-state index is 0.0181. The minimum Gasteiger partial charge on any atom is -0.308 e. The Morgan fingerprint density at radius 3 is 2.79 bits per heavy atom. The Balaban J connectivity index is 2.09. The Bertz CT molecular complexity index is 917. The normalized spacial score (nSPS) is 16.0. The second kappa shape index (κ2) is 5.60. The van der Waals surface area contributed by atoms with Crippen molar-refractivity contribution in [3.05, 3.63) is 65.5 Å². The van der Waals surface area contributed by atoms with Crippen LogP contribution in [0.3, 0.4) is 0 Å². The van der Waals surface area contributed by atoms with Crippen molar-refractivity contribution in [1.29, 1.82) is 0 Å². The van der Waals surface area contributed by atoms with Gasteiger partial charge in [0.05, 0.1) is 17.9 Å². The lowest BCUT2D eigenvalue weighted by atomic mass is 9.95. The predicted octanol–water partition coefficient (Wildman–Crippen LogP) is 3.07. The summed E-state index contributed by atoms with van der Waals surface area (Å²) in [6.07, 6.45) is 9.05. The van der Waals surface area contributed by atoms with Crippen molar-refractivity contribution in [2.75, 3.05) is 0 Å². The van der Waals surface area contributed by atoms with Gasteiger partial charge in [0.25, 0.3) is 0 Å². The van der Waals surface area contributed by atoms with Crippen molar-refractivity contribution in [1.82, 2.24) is 19.9 Å². The second-order valence-electron chi connectivity index (χ2n) is 6.01. The maximum absolute atomic E-state index is 12.4. The van der Waals surface area contributed by atoms with Gasteiger partial charge in [-0.25, -0.2) is 4.68 Å². The van der Waals surface area contributed by atoms with Crippen LogP contribution in [0.25, 0.3) is 16.8 Å². The standard InChI is InChI=1S/C19H18N4O/c1-13(24)23-12-14-8-6-7-9-15(14)19-18(20-21-22(19)2)16-10-4-3-5-11-17(16)23/h4-11H,3,12H2,1-2H3. The Kier molecular flexibility index (Phi) is 3.41. The summed E-state index contributed by atoms with van der Waals surface area (Å²) in [4.78, 5) is 14.2. The van der Waals surface area contributed by atoms with E-state index in [2.05, 4.69) is 34.6 Å². The first-order valence-electron chi connectivity index (χ1n) is 8.00. The number of carbonyl (C=O) groups is 1. The lowest BCUT2D eigenvalue weighted by Crippen LogP contribution is -2.29. The van der Waals surface area contributed by atoms with Crippen molar-refractivity contribution >= 4 is 11.5 Å². The molecule has 0 atom stereocenters. The molecule has 0 radical (unpaired) electrons. The van der Waals surface area contributed by atoms with Gasteiger partial charge < -0.3 is 4.90 Å². The molecule has 1 aliphatic carbocycles. The SMILES string of the molecule is CC(=O)N1Cc2ccccc2-c2c(nnn2C)C2=C1C=CCC=C2. The molecular weight excluding hydrogens is 300 g/mol. The molecule has 5 heteroatoms. The van der Waals surface area contributed by atoms with E-state index >= 15 is 0 Å². The maximum atomic E-state index is 12.4. The quantitative estimate of drug-likeness (QED) is 0.750. The molecule has 0 unspecified atom stereocenters. The molecule has 24 heavy (non-hydrogen) atoms. The number of nitrogens with zero attached hydrogens (tertiary/aromatic N) is 4. The largest absolute Gasteiger partial charge is 0.308 e. The first-order valence-corrected chi connectivity index (χ1v) is 8.00. The molecule has 2 aliphatic rings. The van der Waals surface area contributed by atoms with Crippen LogP contribution in [0.2, 0.25) is 0 Å². The maximum Gasteiger partial charge on any atom is 0.224 e. The minimum atomic E-state index is 0.0181. The molecule has 0 spiro atoms. The molecule has 1 aromatic carbocycles. The Hall–Kier alpha value is -2.95. The van der Waals surface area contributed by atoms with Gasteiger partial charge in [0.2, 0.25) is 5.91 Å². The van der Waals surface area contributed by atoms with Gasteiger partial charge in [-0.15, -0.1) is 5.10 Å². The third-order valence-corrected chi connectivity index (χ3v) is 4.46. The molecule has 0 N–H and O–H groups in total. The molecule has 1 aliphatic heterocycles. The van der Waals surface area contributed by atoms with Crippen LogP contribution >= 0.6 is 0 Å². The fourth-order valence-corrected chi connectivity index (χ4v) is 3.32. The highest BCUT2D eigenvalue weighted by atomic mass is 16.2. The number of hydrogen-bond acceptors (Lipinski definition) is 3. The summed E-state index contributed by atoms with van der Waals surface area (Å²) in [5.41, 5.74) is 5.78. The van der Waals surface area contributed by atoms with Crippen LogP contribution in [0.4, 0.5) is 0 Å². The summed E-state index contributed by atoms with van der Waals surface area (Å²) >= 11 is 0. The number of fused-ring (bicyclic) bond motifs is 4. The van der Waals surface area contributed by atoms with Gasteiger partial charge in [-0.1, -0.05) is 47.7 Å².